The number of hydrogen-bond acceptors (Lipinski definition) is 6. The third kappa shape index (κ3) is 4.86. The van der Waals surface area contributed by atoms with Gasteiger partial charge in [-0.3, -0.25) is 14.5 Å². The number of amides is 2. The lowest BCUT2D eigenvalue weighted by atomic mass is 9.96. The van der Waals surface area contributed by atoms with Crippen LogP contribution >= 0.6 is 11.3 Å². The van der Waals surface area contributed by atoms with Gasteiger partial charge in [0.05, 0.1) is 18.2 Å². The number of phenolic OH excluding ortho intramolecular Hbond substituents is 1. The highest BCUT2D eigenvalue weighted by molar-refractivity contribution is 7.15. The van der Waals surface area contributed by atoms with Gasteiger partial charge in [0.25, 0.3) is 0 Å². The maximum absolute atomic E-state index is 12.9. The lowest BCUT2D eigenvalue weighted by Crippen LogP contribution is -2.44. The average Bonchev–Trinajstić information content (AvgIpc) is 3.05. The molecule has 1 saturated heterocycles. The van der Waals surface area contributed by atoms with Gasteiger partial charge in [-0.05, 0) is 45.4 Å². The molecule has 1 aliphatic rings. The predicted octanol–water partition coefficient (Wildman–Crippen LogP) is 3.91. The first-order chi connectivity index (χ1) is 14.9. The van der Waals surface area contributed by atoms with Gasteiger partial charge in [0.1, 0.15) is 5.75 Å². The number of thiazole rings is 1. The second-order valence-electron chi connectivity index (χ2n) is 7.95. The molecule has 2 aromatic carbocycles. The summed E-state index contributed by atoms with van der Waals surface area (Å²) in [7, 11) is 0. The number of aromatic hydroxyl groups is 1. The summed E-state index contributed by atoms with van der Waals surface area (Å²) in [5, 5.41) is 18.1. The van der Waals surface area contributed by atoms with Crippen molar-refractivity contribution in [2.45, 2.75) is 26.7 Å². The minimum Gasteiger partial charge on any atom is -0.507 e. The zero-order valence-electron chi connectivity index (χ0n) is 17.6. The Hall–Kier alpha value is -2.97. The van der Waals surface area contributed by atoms with Crippen LogP contribution in [-0.4, -0.2) is 46.4 Å². The quantitative estimate of drug-likeness (QED) is 0.562. The largest absolute Gasteiger partial charge is 0.507 e. The van der Waals surface area contributed by atoms with Crippen molar-refractivity contribution < 1.29 is 14.7 Å². The van der Waals surface area contributed by atoms with Crippen LogP contribution in [0, 0.1) is 19.8 Å². The van der Waals surface area contributed by atoms with Crippen LogP contribution in [-0.2, 0) is 9.59 Å². The van der Waals surface area contributed by atoms with Crippen LogP contribution in [0.25, 0.3) is 10.8 Å². The van der Waals surface area contributed by atoms with Gasteiger partial charge >= 0.3 is 0 Å². The molecule has 0 radical (unpaired) electrons. The molecule has 4 rings (SSSR count). The van der Waals surface area contributed by atoms with E-state index in [9.17, 15) is 14.7 Å². The van der Waals surface area contributed by atoms with Crippen LogP contribution in [0.15, 0.2) is 36.4 Å². The highest BCUT2D eigenvalue weighted by Gasteiger charge is 2.27. The Morgan fingerprint density at radius 3 is 2.71 bits per heavy atom. The molecule has 0 aliphatic carbocycles. The minimum atomic E-state index is -0.196. The fourth-order valence-electron chi connectivity index (χ4n) is 3.94. The summed E-state index contributed by atoms with van der Waals surface area (Å²) in [4.78, 5) is 32.8. The molecule has 2 heterocycles. The van der Waals surface area contributed by atoms with E-state index in [1.165, 1.54) is 11.3 Å². The highest BCUT2D eigenvalue weighted by Crippen LogP contribution is 2.30. The summed E-state index contributed by atoms with van der Waals surface area (Å²) in [6.45, 7) is 5.46. The zero-order chi connectivity index (χ0) is 22.0. The summed E-state index contributed by atoms with van der Waals surface area (Å²) >= 11 is 1.47. The molecule has 1 unspecified atom stereocenters. The van der Waals surface area contributed by atoms with E-state index in [1.807, 2.05) is 43.0 Å². The van der Waals surface area contributed by atoms with Crippen LogP contribution < -0.4 is 10.6 Å². The van der Waals surface area contributed by atoms with Gasteiger partial charge in [0.2, 0.25) is 11.8 Å². The predicted molar refractivity (Wildman–Crippen MR) is 124 cm³/mol. The van der Waals surface area contributed by atoms with Crippen molar-refractivity contribution >= 4 is 44.7 Å². The van der Waals surface area contributed by atoms with Gasteiger partial charge in [-0.1, -0.05) is 24.3 Å². The first-order valence-electron chi connectivity index (χ1n) is 10.4. The molecule has 1 aromatic heterocycles. The van der Waals surface area contributed by atoms with Gasteiger partial charge in [-0.25, -0.2) is 4.98 Å². The molecular formula is C23H26N4O3S. The molecule has 1 aliphatic heterocycles. The third-order valence-corrected chi connectivity index (χ3v) is 6.66. The Morgan fingerprint density at radius 1 is 1.16 bits per heavy atom. The van der Waals surface area contributed by atoms with Gasteiger partial charge in [-0.2, -0.15) is 0 Å². The first kappa shape index (κ1) is 21.3. The van der Waals surface area contributed by atoms with Crippen molar-refractivity contribution in [2.75, 3.05) is 30.3 Å². The number of likely N-dealkylation sites (tertiary alicyclic amines) is 1. The topological polar surface area (TPSA) is 94.6 Å². The van der Waals surface area contributed by atoms with Crippen molar-refractivity contribution in [3.05, 3.63) is 47.0 Å². The number of anilines is 2. The van der Waals surface area contributed by atoms with Crippen molar-refractivity contribution in [1.29, 1.82) is 0 Å². The van der Waals surface area contributed by atoms with Crippen LogP contribution in [0.2, 0.25) is 0 Å². The smallest absolute Gasteiger partial charge is 0.240 e. The van der Waals surface area contributed by atoms with Crippen LogP contribution in [0.4, 0.5) is 10.8 Å². The summed E-state index contributed by atoms with van der Waals surface area (Å²) in [5.41, 5.74) is 1.61. The molecule has 2 amide bonds. The van der Waals surface area contributed by atoms with Gasteiger partial charge in [-0.15, -0.1) is 11.3 Å². The molecular weight excluding hydrogens is 412 g/mol. The highest BCUT2D eigenvalue weighted by atomic mass is 32.1. The Bertz CT molecular complexity index is 1110. The number of nitrogens with one attached hydrogen (secondary N) is 2. The SMILES string of the molecule is Cc1nc(NC(=O)CN2CCCC(C(=O)Nc3cccc4c(O)cccc34)C2)sc1C. The van der Waals surface area contributed by atoms with E-state index in [0.29, 0.717) is 22.7 Å². The monoisotopic (exact) mass is 438 g/mol. The second kappa shape index (κ2) is 9.03. The molecule has 8 heteroatoms. The number of carbonyl (C=O) groups excluding carboxylic acids is 2. The van der Waals surface area contributed by atoms with E-state index >= 15 is 0 Å². The zero-order valence-corrected chi connectivity index (χ0v) is 18.5. The Labute approximate surface area is 185 Å². The van der Waals surface area contributed by atoms with Crippen molar-refractivity contribution in [3.8, 4) is 5.75 Å². The number of nitrogens with zero attached hydrogens (tertiary/aromatic N) is 2. The van der Waals surface area contributed by atoms with Crippen molar-refractivity contribution in [2.24, 2.45) is 5.92 Å². The average molecular weight is 439 g/mol. The molecule has 3 aromatic rings. The number of hydrogen-bond donors (Lipinski definition) is 3. The fourth-order valence-corrected chi connectivity index (χ4v) is 4.77. The number of fused-ring (bicyclic) bond motifs is 1. The summed E-state index contributed by atoms with van der Waals surface area (Å²) < 4.78 is 0. The first-order valence-corrected chi connectivity index (χ1v) is 11.2. The van der Waals surface area contributed by atoms with Gasteiger partial charge < -0.3 is 15.7 Å². The second-order valence-corrected chi connectivity index (χ2v) is 9.15. The van der Waals surface area contributed by atoms with Crippen LogP contribution in [0.5, 0.6) is 5.75 Å². The summed E-state index contributed by atoms with van der Waals surface area (Å²) in [6, 6.07) is 10.8. The maximum Gasteiger partial charge on any atom is 0.240 e. The molecule has 1 atom stereocenters. The summed E-state index contributed by atoms with van der Waals surface area (Å²) in [5.74, 6) is -0.181. The number of aromatic nitrogens is 1. The molecule has 7 nitrogen and oxygen atoms in total. The number of rotatable bonds is 5. The van der Waals surface area contributed by atoms with Gasteiger partial charge in [0.15, 0.2) is 5.13 Å². The van der Waals surface area contributed by atoms with E-state index in [2.05, 4.69) is 15.6 Å². The number of aryl methyl sites for hydroxylation is 2. The van der Waals surface area contributed by atoms with E-state index < -0.39 is 0 Å². The number of benzene rings is 2. The van der Waals surface area contributed by atoms with E-state index in [0.717, 1.165) is 35.3 Å². The molecule has 0 bridgehead atoms. The molecule has 1 fully saturated rings. The lowest BCUT2D eigenvalue weighted by molar-refractivity contribution is -0.123. The Kier molecular flexibility index (Phi) is 6.20. The molecule has 162 valence electrons. The van der Waals surface area contributed by atoms with Crippen LogP contribution in [0.1, 0.15) is 23.4 Å². The van der Waals surface area contributed by atoms with E-state index in [1.54, 1.807) is 12.1 Å². The Balaban J connectivity index is 1.37. The third-order valence-electron chi connectivity index (χ3n) is 5.68. The van der Waals surface area contributed by atoms with Gasteiger partial charge in [0, 0.05) is 27.9 Å². The summed E-state index contributed by atoms with van der Waals surface area (Å²) in [6.07, 6.45) is 1.64. The normalized spacial score (nSPS) is 16.9. The van der Waals surface area contributed by atoms with E-state index in [4.69, 9.17) is 0 Å². The lowest BCUT2D eigenvalue weighted by Gasteiger charge is -2.31. The Morgan fingerprint density at radius 2 is 1.94 bits per heavy atom. The number of carbonyl (C=O) groups is 2. The number of phenols is 1. The standard InChI is InChI=1S/C23H26N4O3S/c1-14-15(2)31-23(24-14)26-21(29)13-27-11-5-6-16(12-27)22(30)25-19-9-3-8-18-17(19)7-4-10-20(18)28/h3-4,7-10,16,28H,5-6,11-13H2,1-2H3,(H,25,30)(H,24,26,29). The fraction of sp³-hybridized carbons (Fsp3) is 0.348. The molecule has 31 heavy (non-hydrogen) atoms. The number of piperidine rings is 1. The molecule has 0 spiro atoms. The minimum absolute atomic E-state index is 0.0628. The maximum atomic E-state index is 12.9. The molecule has 3 N–H and O–H groups in total. The molecule has 0 saturated carbocycles. The van der Waals surface area contributed by atoms with E-state index in [-0.39, 0.29) is 30.0 Å². The van der Waals surface area contributed by atoms with Crippen LogP contribution in [0.3, 0.4) is 0 Å². The van der Waals surface area contributed by atoms with Crippen molar-refractivity contribution in [1.82, 2.24) is 9.88 Å². The van der Waals surface area contributed by atoms with Crippen molar-refractivity contribution in [3.63, 3.8) is 0 Å².